The molecule has 3 heterocycles. The normalized spacial score (nSPS) is 20.6. The lowest BCUT2D eigenvalue weighted by molar-refractivity contribution is -0.138. The van der Waals surface area contributed by atoms with Crippen molar-refractivity contribution in [3.8, 4) is 0 Å². The van der Waals surface area contributed by atoms with Crippen molar-refractivity contribution in [2.75, 3.05) is 18.5 Å². The van der Waals surface area contributed by atoms with Crippen molar-refractivity contribution in [2.45, 2.75) is 50.0 Å². The number of carboxylic acid groups (broad SMARTS) is 2. The number of hydrogen-bond acceptors (Lipinski definition) is 9. The lowest BCUT2D eigenvalue weighted by Crippen LogP contribution is -2.35. The van der Waals surface area contributed by atoms with Crippen molar-refractivity contribution in [2.24, 2.45) is 5.92 Å². The summed E-state index contributed by atoms with van der Waals surface area (Å²) in [6.07, 6.45) is 6.44. The molecule has 9 nitrogen and oxygen atoms in total. The molecule has 210 valence electrons. The topological polar surface area (TPSA) is 120 Å². The number of allylic oxidation sites excluding steroid dienone is 1. The van der Waals surface area contributed by atoms with Crippen LogP contribution in [-0.2, 0) is 20.9 Å². The van der Waals surface area contributed by atoms with Gasteiger partial charge in [0.15, 0.2) is 0 Å². The quantitative estimate of drug-likeness (QED) is 0.427. The molecule has 40 heavy (non-hydrogen) atoms. The molecule has 2 aliphatic heterocycles. The zero-order valence-corrected chi connectivity index (χ0v) is 24.9. The van der Waals surface area contributed by atoms with E-state index in [1.165, 1.54) is 4.90 Å². The van der Waals surface area contributed by atoms with Gasteiger partial charge in [0, 0.05) is 24.9 Å². The molecule has 2 aromatic rings. The number of carbonyl (C=O) groups is 3. The smallest absolute Gasteiger partial charge is 0.323 e. The van der Waals surface area contributed by atoms with E-state index in [2.05, 4.69) is 4.90 Å². The van der Waals surface area contributed by atoms with Gasteiger partial charge in [0.2, 0.25) is 0 Å². The largest absolute Gasteiger partial charge is 0.481 e. The van der Waals surface area contributed by atoms with Gasteiger partial charge in [0.1, 0.15) is 20.4 Å². The Labute approximate surface area is 247 Å². The summed E-state index contributed by atoms with van der Waals surface area (Å²) in [5.74, 6) is -2.19. The van der Waals surface area contributed by atoms with Gasteiger partial charge in [0.25, 0.3) is 11.5 Å². The molecule has 0 spiro atoms. The number of anilines is 1. The average molecular weight is 618 g/mol. The first-order valence-electron chi connectivity index (χ1n) is 12.8. The highest BCUT2D eigenvalue weighted by atomic mass is 32.2. The Morgan fingerprint density at radius 3 is 2.48 bits per heavy atom. The van der Waals surface area contributed by atoms with Crippen molar-refractivity contribution in [1.82, 2.24) is 9.47 Å². The van der Waals surface area contributed by atoms with Crippen molar-refractivity contribution in [3.63, 3.8) is 0 Å². The number of carboxylic acids is 2. The van der Waals surface area contributed by atoms with E-state index in [0.717, 1.165) is 74.5 Å². The molecule has 0 unspecified atom stereocenters. The molecular formula is C27H27N3O6S4. The van der Waals surface area contributed by atoms with Gasteiger partial charge in [-0.25, -0.2) is 0 Å². The maximum Gasteiger partial charge on any atom is 0.323 e. The monoisotopic (exact) mass is 617 g/mol. The molecule has 1 amide bonds. The van der Waals surface area contributed by atoms with Gasteiger partial charge in [-0.1, -0.05) is 60.7 Å². The van der Waals surface area contributed by atoms with Crippen LogP contribution in [0.3, 0.4) is 0 Å². The number of rotatable bonds is 8. The zero-order chi connectivity index (χ0) is 28.6. The van der Waals surface area contributed by atoms with Gasteiger partial charge in [-0.2, -0.15) is 0 Å². The fourth-order valence-electron chi connectivity index (χ4n) is 5.13. The number of aromatic nitrogens is 1. The second-order valence-corrected chi connectivity index (χ2v) is 13.4. The van der Waals surface area contributed by atoms with Crippen LogP contribution in [0.4, 0.5) is 5.69 Å². The Kier molecular flexibility index (Phi) is 8.55. The number of benzene rings is 1. The molecule has 5 rings (SSSR count). The molecule has 0 radical (unpaired) electrons. The van der Waals surface area contributed by atoms with Gasteiger partial charge in [-0.3, -0.25) is 28.6 Å². The maximum absolute atomic E-state index is 13.7. The van der Waals surface area contributed by atoms with Gasteiger partial charge in [-0.05, 0) is 49.0 Å². The summed E-state index contributed by atoms with van der Waals surface area (Å²) < 4.78 is 2.14. The van der Waals surface area contributed by atoms with Crippen LogP contribution in [0.2, 0.25) is 0 Å². The predicted octanol–water partition coefficient (Wildman–Crippen LogP) is 3.25. The van der Waals surface area contributed by atoms with Crippen molar-refractivity contribution < 1.29 is 24.6 Å². The molecule has 1 aliphatic carbocycles. The van der Waals surface area contributed by atoms with Crippen molar-refractivity contribution in [3.05, 3.63) is 54.4 Å². The second kappa shape index (κ2) is 11.9. The first-order chi connectivity index (χ1) is 19.2. The number of aliphatic carboxylic acids is 2. The number of thioether (sulfide) groups is 2. The van der Waals surface area contributed by atoms with Gasteiger partial charge < -0.3 is 15.1 Å². The fourth-order valence-corrected chi connectivity index (χ4v) is 8.84. The number of thiazole rings is 1. The van der Waals surface area contributed by atoms with E-state index in [1.807, 2.05) is 30.3 Å². The lowest BCUT2D eigenvalue weighted by Gasteiger charge is -2.24. The fraction of sp³-hybridized carbons (Fsp3) is 0.370. The molecule has 0 atom stereocenters. The van der Waals surface area contributed by atoms with Crippen LogP contribution in [-0.4, -0.2) is 55.4 Å². The van der Waals surface area contributed by atoms with Gasteiger partial charge >= 0.3 is 11.9 Å². The second-order valence-electron chi connectivity index (χ2n) is 9.72. The summed E-state index contributed by atoms with van der Waals surface area (Å²) in [5.41, 5.74) is 1.54. The number of hydrogen-bond donors (Lipinski definition) is 2. The highest BCUT2D eigenvalue weighted by Gasteiger charge is 2.33. The summed E-state index contributed by atoms with van der Waals surface area (Å²) in [4.78, 5) is 54.3. The van der Waals surface area contributed by atoms with E-state index in [0.29, 0.717) is 21.8 Å². The number of fused-ring (bicyclic) bond motifs is 1. The van der Waals surface area contributed by atoms with Crippen LogP contribution < -0.4 is 19.7 Å². The molecule has 2 fully saturated rings. The standard InChI is InChI=1S/C27H27N3O6S4/c1-28-24(36)22(40-27(28)37)26-30(14-21(33)34)23(35)19(39-26)13-16(15-7-2-3-8-15)25-29(12-6-11-20(31)32)17-9-4-5-10-18(17)38-25/h4-5,9-10,13,15H,2-3,6-8,11-12,14H2,1H3,(H,31,32)(H,33,34)/b19-13+,25-16-,26-22-. The summed E-state index contributed by atoms with van der Waals surface area (Å²) in [5, 5.41) is 19.8. The molecule has 1 saturated carbocycles. The molecule has 1 saturated heterocycles. The third-order valence-corrected chi connectivity index (χ3v) is 11.1. The molecule has 1 aromatic carbocycles. The van der Waals surface area contributed by atoms with Crippen LogP contribution >= 0.6 is 47.1 Å². The van der Waals surface area contributed by atoms with Crippen LogP contribution in [0.25, 0.3) is 11.0 Å². The molecule has 1 aromatic heterocycles. The molecule has 0 bridgehead atoms. The minimum absolute atomic E-state index is 0.0495. The lowest BCUT2D eigenvalue weighted by atomic mass is 9.97. The summed E-state index contributed by atoms with van der Waals surface area (Å²) in [6.45, 7) is -0.0509. The third-order valence-electron chi connectivity index (χ3n) is 7.07. The molecule has 2 N–H and O–H groups in total. The Hall–Kier alpha value is -2.87. The van der Waals surface area contributed by atoms with E-state index < -0.39 is 24.0 Å². The van der Waals surface area contributed by atoms with Crippen LogP contribution in [0, 0.1) is 5.92 Å². The van der Waals surface area contributed by atoms with Crippen LogP contribution in [0.5, 0.6) is 0 Å². The molecule has 13 heteroatoms. The Morgan fingerprint density at radius 1 is 1.10 bits per heavy atom. The van der Waals surface area contributed by atoms with E-state index in [9.17, 15) is 29.4 Å². The number of amides is 1. The SMILES string of the molecule is CN1C(=O)/C(=c2/s/c(=C/C(=C3/Sc4ccccc4N3CCCC(=O)O)C3CCCC3)c(=O)n2CC(=O)O)SC1=S. The Morgan fingerprint density at radius 2 is 1.82 bits per heavy atom. The average Bonchev–Trinajstić information content (AvgIpc) is 3.68. The molecular weight excluding hydrogens is 591 g/mol. The molecule has 3 aliphatic rings. The van der Waals surface area contributed by atoms with E-state index in [1.54, 1.807) is 18.8 Å². The summed E-state index contributed by atoms with van der Waals surface area (Å²) in [7, 11) is 1.56. The zero-order valence-electron chi connectivity index (χ0n) is 21.6. The minimum Gasteiger partial charge on any atom is -0.481 e. The Bertz CT molecular complexity index is 1620. The van der Waals surface area contributed by atoms with E-state index in [-0.39, 0.29) is 27.8 Å². The summed E-state index contributed by atoms with van der Waals surface area (Å²) >= 11 is 9.06. The number of nitrogens with zero attached hydrogens (tertiary/aromatic N) is 3. The van der Waals surface area contributed by atoms with Crippen molar-refractivity contribution in [1.29, 1.82) is 0 Å². The first kappa shape index (κ1) is 28.7. The minimum atomic E-state index is -1.18. The van der Waals surface area contributed by atoms with E-state index >= 15 is 0 Å². The highest BCUT2D eigenvalue weighted by molar-refractivity contribution is 8.30. The number of carbonyl (C=O) groups excluding carboxylic acids is 1. The highest BCUT2D eigenvalue weighted by Crippen LogP contribution is 2.50. The van der Waals surface area contributed by atoms with Crippen LogP contribution in [0.15, 0.2) is 44.6 Å². The first-order valence-corrected chi connectivity index (χ1v) is 15.7. The van der Waals surface area contributed by atoms with Crippen molar-refractivity contribution >= 4 is 85.9 Å². The van der Waals surface area contributed by atoms with E-state index in [4.69, 9.17) is 12.2 Å². The number of thiocarbonyl (C=S) groups is 1. The maximum atomic E-state index is 13.7. The Balaban J connectivity index is 1.71. The third kappa shape index (κ3) is 5.65. The van der Waals surface area contributed by atoms with Crippen LogP contribution in [0.1, 0.15) is 38.5 Å². The summed E-state index contributed by atoms with van der Waals surface area (Å²) in [6, 6.07) is 7.97. The predicted molar refractivity (Wildman–Crippen MR) is 162 cm³/mol. The van der Waals surface area contributed by atoms with Gasteiger partial charge in [0.05, 0.1) is 15.2 Å². The number of para-hydroxylation sites is 1. The van der Waals surface area contributed by atoms with Gasteiger partial charge in [-0.15, -0.1) is 11.3 Å².